The Morgan fingerprint density at radius 2 is 2.00 bits per heavy atom. The number of benzene rings is 1. The maximum absolute atomic E-state index is 12.8. The van der Waals surface area contributed by atoms with Gasteiger partial charge >= 0.3 is 0 Å². The van der Waals surface area contributed by atoms with Crippen molar-refractivity contribution in [3.63, 3.8) is 0 Å². The van der Waals surface area contributed by atoms with Gasteiger partial charge in [0.25, 0.3) is 0 Å². The molecule has 3 aromatic rings. The van der Waals surface area contributed by atoms with Crippen molar-refractivity contribution in [3.8, 4) is 5.75 Å². The first-order valence-corrected chi connectivity index (χ1v) is 11.5. The summed E-state index contributed by atoms with van der Waals surface area (Å²) in [6, 6.07) is 15.6. The Balaban J connectivity index is 1.54. The number of hydrogen-bond acceptors (Lipinski definition) is 4. The molecule has 1 amide bonds. The van der Waals surface area contributed by atoms with E-state index in [-0.39, 0.29) is 24.4 Å². The van der Waals surface area contributed by atoms with Crippen LogP contribution in [0, 0.1) is 0 Å². The lowest BCUT2D eigenvalue weighted by Gasteiger charge is -2.27. The first kappa shape index (κ1) is 22.8. The molecule has 0 saturated carbocycles. The van der Waals surface area contributed by atoms with Crippen LogP contribution < -0.4 is 15.4 Å². The van der Waals surface area contributed by atoms with Crippen LogP contribution in [0.25, 0.3) is 0 Å². The van der Waals surface area contributed by atoms with Crippen molar-refractivity contribution in [3.05, 3.63) is 78.4 Å². The molecular formula is C25H29N5O2S. The van der Waals surface area contributed by atoms with Crippen LogP contribution in [0.3, 0.4) is 0 Å². The maximum atomic E-state index is 12.8. The number of amides is 1. The summed E-state index contributed by atoms with van der Waals surface area (Å²) < 4.78 is 7.51. The lowest BCUT2D eigenvalue weighted by Crippen LogP contribution is -2.32. The summed E-state index contributed by atoms with van der Waals surface area (Å²) in [4.78, 5) is 19.4. The molecule has 0 spiro atoms. The minimum Gasteiger partial charge on any atom is -0.495 e. The van der Waals surface area contributed by atoms with Crippen molar-refractivity contribution in [1.29, 1.82) is 0 Å². The molecule has 7 nitrogen and oxygen atoms in total. The van der Waals surface area contributed by atoms with Gasteiger partial charge in [-0.1, -0.05) is 18.2 Å². The zero-order valence-electron chi connectivity index (χ0n) is 19.1. The van der Waals surface area contributed by atoms with Gasteiger partial charge in [0.05, 0.1) is 30.6 Å². The number of nitrogens with one attached hydrogen (secondary N) is 2. The Hall–Kier alpha value is -3.39. The Bertz CT molecular complexity index is 1110. The number of aromatic nitrogens is 2. The van der Waals surface area contributed by atoms with Crippen LogP contribution in [0.2, 0.25) is 0 Å². The van der Waals surface area contributed by atoms with Gasteiger partial charge in [0.1, 0.15) is 5.75 Å². The third kappa shape index (κ3) is 5.01. The number of thiocarbonyl (C=S) groups is 1. The van der Waals surface area contributed by atoms with Gasteiger partial charge in [-0.3, -0.25) is 9.78 Å². The number of carbonyl (C=O) groups excluding carboxylic acids is 1. The monoisotopic (exact) mass is 463 g/mol. The molecule has 0 radical (unpaired) electrons. The fraction of sp³-hybridized carbons (Fsp3) is 0.320. The van der Waals surface area contributed by atoms with E-state index >= 15 is 0 Å². The van der Waals surface area contributed by atoms with E-state index in [4.69, 9.17) is 17.0 Å². The van der Waals surface area contributed by atoms with E-state index in [2.05, 4.69) is 57.4 Å². The van der Waals surface area contributed by atoms with Crippen LogP contribution in [0.4, 0.5) is 5.69 Å². The maximum Gasteiger partial charge on any atom is 0.226 e. The number of pyridine rings is 1. The number of para-hydroxylation sites is 2. The van der Waals surface area contributed by atoms with Gasteiger partial charge in [-0.15, -0.1) is 0 Å². The van der Waals surface area contributed by atoms with Gasteiger partial charge in [-0.2, -0.15) is 0 Å². The molecule has 33 heavy (non-hydrogen) atoms. The molecule has 2 unspecified atom stereocenters. The largest absolute Gasteiger partial charge is 0.495 e. The second-order valence-corrected chi connectivity index (χ2v) is 8.69. The molecule has 1 aliphatic rings. The lowest BCUT2D eigenvalue weighted by atomic mass is 9.99. The summed E-state index contributed by atoms with van der Waals surface area (Å²) in [6.07, 6.45) is 6.32. The molecule has 2 aromatic heterocycles. The summed E-state index contributed by atoms with van der Waals surface area (Å²) in [5.41, 5.74) is 2.71. The zero-order chi connectivity index (χ0) is 23.4. The summed E-state index contributed by atoms with van der Waals surface area (Å²) in [6.45, 7) is 4.78. The van der Waals surface area contributed by atoms with Crippen molar-refractivity contribution in [2.24, 2.45) is 0 Å². The Morgan fingerprint density at radius 3 is 2.70 bits per heavy atom. The van der Waals surface area contributed by atoms with Gasteiger partial charge in [0.15, 0.2) is 5.11 Å². The molecule has 1 fully saturated rings. The van der Waals surface area contributed by atoms with E-state index in [0.29, 0.717) is 29.1 Å². The highest BCUT2D eigenvalue weighted by Crippen LogP contribution is 2.39. The summed E-state index contributed by atoms with van der Waals surface area (Å²) >= 11 is 5.70. The lowest BCUT2D eigenvalue weighted by molar-refractivity contribution is -0.116. The Kier molecular flexibility index (Phi) is 6.93. The van der Waals surface area contributed by atoms with Crippen LogP contribution in [-0.4, -0.2) is 39.1 Å². The number of carbonyl (C=O) groups is 1. The van der Waals surface area contributed by atoms with Gasteiger partial charge in [-0.25, -0.2) is 0 Å². The highest BCUT2D eigenvalue weighted by molar-refractivity contribution is 7.80. The molecule has 2 N–H and O–H groups in total. The predicted octanol–water partition coefficient (Wildman–Crippen LogP) is 4.47. The highest BCUT2D eigenvalue weighted by Gasteiger charge is 2.40. The van der Waals surface area contributed by atoms with Gasteiger partial charge < -0.3 is 24.8 Å². The standard InChI is InChI=1S/C25H29N5O2S/c1-17(2)29-14-11-18(16-29)24-23(20-9-6-7-13-26-20)28-25(33)30(24)15-12-22(31)27-19-8-4-5-10-21(19)32-3/h4-11,13-14,16-17,23-24H,12,15H2,1-3H3,(H,27,31)(H,28,33). The van der Waals surface area contributed by atoms with Crippen molar-refractivity contribution in [2.75, 3.05) is 19.0 Å². The van der Waals surface area contributed by atoms with Crippen molar-refractivity contribution in [2.45, 2.75) is 38.4 Å². The molecular weight excluding hydrogens is 434 g/mol. The molecule has 0 bridgehead atoms. The minimum atomic E-state index is -0.0982. The van der Waals surface area contributed by atoms with E-state index in [0.717, 1.165) is 11.3 Å². The molecule has 1 saturated heterocycles. The first-order valence-electron chi connectivity index (χ1n) is 11.1. The first-order chi connectivity index (χ1) is 16.0. The molecule has 1 aliphatic heterocycles. The molecule has 172 valence electrons. The summed E-state index contributed by atoms with van der Waals surface area (Å²) in [5, 5.41) is 7.00. The number of nitrogens with zero attached hydrogens (tertiary/aromatic N) is 3. The van der Waals surface area contributed by atoms with E-state index in [9.17, 15) is 4.79 Å². The minimum absolute atomic E-state index is 0.0635. The fourth-order valence-electron chi connectivity index (χ4n) is 4.12. The second kappa shape index (κ2) is 10.0. The van der Waals surface area contributed by atoms with Crippen LogP contribution in [0.5, 0.6) is 5.75 Å². The SMILES string of the molecule is COc1ccccc1NC(=O)CCN1C(=S)NC(c2ccccn2)C1c1ccn(C(C)C)c1. The van der Waals surface area contributed by atoms with Crippen LogP contribution in [-0.2, 0) is 4.79 Å². The normalized spacial score (nSPS) is 17.8. The Morgan fingerprint density at radius 1 is 1.21 bits per heavy atom. The number of rotatable bonds is 8. The van der Waals surface area contributed by atoms with Crippen LogP contribution in [0.15, 0.2) is 67.1 Å². The third-order valence-corrected chi connectivity index (χ3v) is 6.19. The summed E-state index contributed by atoms with van der Waals surface area (Å²) in [5.74, 6) is 0.536. The third-order valence-electron chi connectivity index (χ3n) is 5.83. The molecule has 8 heteroatoms. The topological polar surface area (TPSA) is 71.4 Å². The quantitative estimate of drug-likeness (QED) is 0.480. The van der Waals surface area contributed by atoms with E-state index in [1.54, 1.807) is 13.3 Å². The molecule has 3 heterocycles. The average Bonchev–Trinajstić information content (AvgIpc) is 3.43. The number of anilines is 1. The van der Waals surface area contributed by atoms with Gasteiger partial charge in [-0.05, 0) is 62.0 Å². The van der Waals surface area contributed by atoms with Crippen LogP contribution >= 0.6 is 12.2 Å². The van der Waals surface area contributed by atoms with Gasteiger partial charge in [0.2, 0.25) is 5.91 Å². The molecule has 1 aromatic carbocycles. The van der Waals surface area contributed by atoms with Crippen molar-refractivity contribution < 1.29 is 9.53 Å². The fourth-order valence-corrected chi connectivity index (χ4v) is 4.45. The van der Waals surface area contributed by atoms with E-state index < -0.39 is 0 Å². The van der Waals surface area contributed by atoms with Crippen LogP contribution in [0.1, 0.15) is 49.7 Å². The van der Waals surface area contributed by atoms with E-state index in [1.165, 1.54) is 0 Å². The van der Waals surface area contributed by atoms with Crippen molar-refractivity contribution in [1.82, 2.24) is 19.8 Å². The highest BCUT2D eigenvalue weighted by atomic mass is 32.1. The van der Waals surface area contributed by atoms with Gasteiger partial charge in [0, 0.05) is 37.6 Å². The second-order valence-electron chi connectivity index (χ2n) is 8.30. The average molecular weight is 464 g/mol. The number of hydrogen-bond donors (Lipinski definition) is 2. The molecule has 0 aliphatic carbocycles. The smallest absolute Gasteiger partial charge is 0.226 e. The Labute approximate surface area is 199 Å². The molecule has 2 atom stereocenters. The van der Waals surface area contributed by atoms with E-state index in [1.807, 2.05) is 42.5 Å². The predicted molar refractivity (Wildman–Crippen MR) is 133 cm³/mol. The molecule has 4 rings (SSSR count). The number of ether oxygens (including phenoxy) is 1. The van der Waals surface area contributed by atoms with Crippen molar-refractivity contribution >= 4 is 28.9 Å². The zero-order valence-corrected chi connectivity index (χ0v) is 19.9. The summed E-state index contributed by atoms with van der Waals surface area (Å²) in [7, 11) is 1.59. The number of methoxy groups -OCH3 is 1.